The normalized spacial score (nSPS) is 19.8. The molecule has 112 valence electrons. The molecular formula is C15H23ClN2OS. The lowest BCUT2D eigenvalue weighted by molar-refractivity contribution is -0.122. The lowest BCUT2D eigenvalue weighted by atomic mass is 10.0. The average molecular weight is 315 g/mol. The van der Waals surface area contributed by atoms with E-state index in [9.17, 15) is 4.79 Å². The van der Waals surface area contributed by atoms with E-state index in [0.29, 0.717) is 12.5 Å². The maximum atomic E-state index is 12.0. The summed E-state index contributed by atoms with van der Waals surface area (Å²) in [6, 6.07) is 8.60. The summed E-state index contributed by atoms with van der Waals surface area (Å²) in [4.78, 5) is 12.0. The van der Waals surface area contributed by atoms with Gasteiger partial charge in [-0.05, 0) is 25.0 Å². The minimum absolute atomic E-state index is 0. The zero-order chi connectivity index (χ0) is 13.7. The second kappa shape index (κ2) is 8.55. The highest BCUT2D eigenvalue weighted by atomic mass is 35.5. The Labute approximate surface area is 131 Å². The minimum Gasteiger partial charge on any atom is -0.350 e. The third-order valence-electron chi connectivity index (χ3n) is 3.46. The average Bonchev–Trinajstić information content (AvgIpc) is 2.40. The van der Waals surface area contributed by atoms with Gasteiger partial charge in [0.1, 0.15) is 0 Å². The SMILES string of the molecule is Cc1ccccc1C(C)NC(=O)CC1CSCCN1.Cl. The molecule has 1 aliphatic heterocycles. The highest BCUT2D eigenvalue weighted by Crippen LogP contribution is 2.17. The molecular weight excluding hydrogens is 292 g/mol. The number of nitrogens with one attached hydrogen (secondary N) is 2. The van der Waals surface area contributed by atoms with E-state index in [4.69, 9.17) is 0 Å². The van der Waals surface area contributed by atoms with Gasteiger partial charge in [0, 0.05) is 30.5 Å². The largest absolute Gasteiger partial charge is 0.350 e. The van der Waals surface area contributed by atoms with Crippen LogP contribution in [0.1, 0.15) is 30.5 Å². The second-order valence-electron chi connectivity index (χ2n) is 5.08. The highest BCUT2D eigenvalue weighted by Gasteiger charge is 2.18. The molecule has 20 heavy (non-hydrogen) atoms. The number of benzene rings is 1. The van der Waals surface area contributed by atoms with Crippen LogP contribution in [-0.4, -0.2) is 30.0 Å². The van der Waals surface area contributed by atoms with Crippen molar-refractivity contribution in [1.29, 1.82) is 0 Å². The van der Waals surface area contributed by atoms with Gasteiger partial charge >= 0.3 is 0 Å². The molecule has 2 atom stereocenters. The van der Waals surface area contributed by atoms with Crippen molar-refractivity contribution in [3.05, 3.63) is 35.4 Å². The summed E-state index contributed by atoms with van der Waals surface area (Å²) in [6.45, 7) is 5.14. The summed E-state index contributed by atoms with van der Waals surface area (Å²) in [6.07, 6.45) is 0.573. The van der Waals surface area contributed by atoms with Crippen LogP contribution in [0.5, 0.6) is 0 Å². The molecule has 3 nitrogen and oxygen atoms in total. The van der Waals surface area contributed by atoms with Gasteiger partial charge in [-0.1, -0.05) is 24.3 Å². The molecule has 0 bridgehead atoms. The molecule has 0 saturated carbocycles. The monoisotopic (exact) mass is 314 g/mol. The molecule has 0 aromatic heterocycles. The van der Waals surface area contributed by atoms with Gasteiger partial charge in [0.2, 0.25) is 5.91 Å². The van der Waals surface area contributed by atoms with Gasteiger partial charge in [0.15, 0.2) is 0 Å². The van der Waals surface area contributed by atoms with Crippen molar-refractivity contribution in [2.45, 2.75) is 32.4 Å². The van der Waals surface area contributed by atoms with Gasteiger partial charge in [0.25, 0.3) is 0 Å². The first kappa shape index (κ1) is 17.3. The van der Waals surface area contributed by atoms with Crippen molar-refractivity contribution in [3.63, 3.8) is 0 Å². The maximum absolute atomic E-state index is 12.0. The van der Waals surface area contributed by atoms with Crippen molar-refractivity contribution in [3.8, 4) is 0 Å². The first-order chi connectivity index (χ1) is 9.16. The Morgan fingerprint density at radius 3 is 2.90 bits per heavy atom. The molecule has 5 heteroatoms. The van der Waals surface area contributed by atoms with Gasteiger partial charge in [-0.2, -0.15) is 11.8 Å². The summed E-state index contributed by atoms with van der Waals surface area (Å²) in [5.74, 6) is 2.32. The number of hydrogen-bond donors (Lipinski definition) is 2. The van der Waals surface area contributed by atoms with Crippen LogP contribution in [0.2, 0.25) is 0 Å². The Hall–Kier alpha value is -0.710. The van der Waals surface area contributed by atoms with Crippen molar-refractivity contribution in [2.75, 3.05) is 18.1 Å². The molecule has 1 fully saturated rings. The van der Waals surface area contributed by atoms with Crippen molar-refractivity contribution in [2.24, 2.45) is 0 Å². The van der Waals surface area contributed by atoms with Crippen LogP contribution in [0.15, 0.2) is 24.3 Å². The molecule has 1 aliphatic rings. The lowest BCUT2D eigenvalue weighted by Gasteiger charge is -2.24. The summed E-state index contributed by atoms with van der Waals surface area (Å²) in [5, 5.41) is 6.49. The number of halogens is 1. The van der Waals surface area contributed by atoms with Gasteiger partial charge in [-0.15, -0.1) is 12.4 Å². The van der Waals surface area contributed by atoms with Gasteiger partial charge in [-0.3, -0.25) is 4.79 Å². The lowest BCUT2D eigenvalue weighted by Crippen LogP contribution is -2.41. The molecule has 2 rings (SSSR count). The number of thioether (sulfide) groups is 1. The number of amides is 1. The van der Waals surface area contributed by atoms with Crippen molar-refractivity contribution in [1.82, 2.24) is 10.6 Å². The molecule has 0 spiro atoms. The van der Waals surface area contributed by atoms with Crippen LogP contribution in [0.4, 0.5) is 0 Å². The van der Waals surface area contributed by atoms with Gasteiger partial charge in [-0.25, -0.2) is 0 Å². The van der Waals surface area contributed by atoms with E-state index >= 15 is 0 Å². The van der Waals surface area contributed by atoms with E-state index in [0.717, 1.165) is 18.1 Å². The first-order valence-electron chi connectivity index (χ1n) is 6.83. The highest BCUT2D eigenvalue weighted by molar-refractivity contribution is 7.99. The van der Waals surface area contributed by atoms with E-state index in [2.05, 4.69) is 29.7 Å². The van der Waals surface area contributed by atoms with Crippen LogP contribution in [0.3, 0.4) is 0 Å². The summed E-state index contributed by atoms with van der Waals surface area (Å²) in [5.41, 5.74) is 2.42. The molecule has 1 heterocycles. The molecule has 1 aromatic rings. The van der Waals surface area contributed by atoms with Crippen LogP contribution in [0.25, 0.3) is 0 Å². The van der Waals surface area contributed by atoms with Crippen LogP contribution in [-0.2, 0) is 4.79 Å². The molecule has 0 aliphatic carbocycles. The number of carbonyl (C=O) groups excluding carboxylic acids is 1. The predicted molar refractivity (Wildman–Crippen MR) is 88.7 cm³/mol. The molecule has 1 aromatic carbocycles. The molecule has 1 saturated heterocycles. The van der Waals surface area contributed by atoms with E-state index in [1.807, 2.05) is 30.8 Å². The Morgan fingerprint density at radius 2 is 2.25 bits per heavy atom. The number of carbonyl (C=O) groups is 1. The maximum Gasteiger partial charge on any atom is 0.222 e. The summed E-state index contributed by atoms with van der Waals surface area (Å²) < 4.78 is 0. The fourth-order valence-electron chi connectivity index (χ4n) is 2.43. The zero-order valence-corrected chi connectivity index (χ0v) is 13.7. The third-order valence-corrected chi connectivity index (χ3v) is 4.59. The fourth-order valence-corrected chi connectivity index (χ4v) is 3.37. The van der Waals surface area contributed by atoms with E-state index in [1.165, 1.54) is 11.1 Å². The van der Waals surface area contributed by atoms with E-state index in [1.54, 1.807) is 0 Å². The van der Waals surface area contributed by atoms with Gasteiger partial charge in [0.05, 0.1) is 6.04 Å². The fraction of sp³-hybridized carbons (Fsp3) is 0.533. The van der Waals surface area contributed by atoms with Crippen LogP contribution >= 0.6 is 24.2 Å². The molecule has 0 radical (unpaired) electrons. The number of hydrogen-bond acceptors (Lipinski definition) is 3. The van der Waals surface area contributed by atoms with Crippen LogP contribution < -0.4 is 10.6 Å². The zero-order valence-electron chi connectivity index (χ0n) is 12.0. The smallest absolute Gasteiger partial charge is 0.222 e. The predicted octanol–water partition coefficient (Wildman–Crippen LogP) is 2.69. The molecule has 1 amide bonds. The Kier molecular flexibility index (Phi) is 7.41. The Morgan fingerprint density at radius 1 is 1.50 bits per heavy atom. The second-order valence-corrected chi connectivity index (χ2v) is 6.23. The van der Waals surface area contributed by atoms with Crippen molar-refractivity contribution >= 4 is 30.1 Å². The topological polar surface area (TPSA) is 41.1 Å². The quantitative estimate of drug-likeness (QED) is 0.898. The number of rotatable bonds is 4. The van der Waals surface area contributed by atoms with E-state index in [-0.39, 0.29) is 24.4 Å². The summed E-state index contributed by atoms with van der Waals surface area (Å²) in [7, 11) is 0. The Balaban J connectivity index is 0.00000200. The van der Waals surface area contributed by atoms with E-state index < -0.39 is 0 Å². The number of aryl methyl sites for hydroxylation is 1. The van der Waals surface area contributed by atoms with Gasteiger partial charge < -0.3 is 10.6 Å². The standard InChI is InChI=1S/C15H22N2OS.ClH/c1-11-5-3-4-6-14(11)12(2)17-15(18)9-13-10-19-8-7-16-13;/h3-6,12-13,16H,7-10H2,1-2H3,(H,17,18);1H. The first-order valence-corrected chi connectivity index (χ1v) is 7.98. The molecule has 2 N–H and O–H groups in total. The third kappa shape index (κ3) is 5.00. The van der Waals surface area contributed by atoms with Crippen LogP contribution in [0, 0.1) is 6.92 Å². The Bertz CT molecular complexity index is 436. The molecule has 2 unspecified atom stereocenters. The minimum atomic E-state index is 0. The summed E-state index contributed by atoms with van der Waals surface area (Å²) >= 11 is 1.92. The van der Waals surface area contributed by atoms with Crippen molar-refractivity contribution < 1.29 is 4.79 Å².